The first kappa shape index (κ1) is 16.2. The van der Waals surface area contributed by atoms with Crippen LogP contribution in [-0.4, -0.2) is 39.2 Å². The van der Waals surface area contributed by atoms with Gasteiger partial charge in [-0.3, -0.25) is 4.79 Å². The molecule has 0 N–H and O–H groups in total. The third-order valence-corrected chi connectivity index (χ3v) is 4.35. The second-order valence-corrected chi connectivity index (χ2v) is 5.44. The number of fused-ring (bicyclic) bond motifs is 5. The van der Waals surface area contributed by atoms with E-state index in [0.717, 1.165) is 5.56 Å². The van der Waals surface area contributed by atoms with Gasteiger partial charge in [-0.2, -0.15) is 0 Å². The molecule has 2 aliphatic heterocycles. The topological polar surface area (TPSA) is 88.1 Å². The van der Waals surface area contributed by atoms with E-state index < -0.39 is 29.6 Å². The van der Waals surface area contributed by atoms with E-state index in [1.807, 2.05) is 0 Å². The number of carbonyl (C=O) groups is 3. The van der Waals surface area contributed by atoms with E-state index in [9.17, 15) is 14.4 Å². The van der Waals surface area contributed by atoms with Gasteiger partial charge < -0.3 is 18.9 Å². The lowest BCUT2D eigenvalue weighted by molar-refractivity contribution is -0.148. The van der Waals surface area contributed by atoms with Crippen LogP contribution < -0.4 is 0 Å². The molecule has 24 heavy (non-hydrogen) atoms. The lowest BCUT2D eigenvalue weighted by atomic mass is 9.75. The molecular weight excluding hydrogens is 316 g/mol. The minimum Gasteiger partial charge on any atom is -0.469 e. The Morgan fingerprint density at radius 1 is 1.04 bits per heavy atom. The first-order valence-corrected chi connectivity index (χ1v) is 7.25. The van der Waals surface area contributed by atoms with Crippen molar-refractivity contribution in [3.05, 3.63) is 46.5 Å². The van der Waals surface area contributed by atoms with E-state index in [1.54, 1.807) is 24.3 Å². The van der Waals surface area contributed by atoms with E-state index in [2.05, 4.69) is 0 Å². The van der Waals surface area contributed by atoms with Gasteiger partial charge in [-0.1, -0.05) is 24.3 Å². The first-order chi connectivity index (χ1) is 11.5. The van der Waals surface area contributed by atoms with Crippen LogP contribution in [0.5, 0.6) is 0 Å². The van der Waals surface area contributed by atoms with Crippen molar-refractivity contribution in [3.8, 4) is 0 Å². The molecule has 2 unspecified atom stereocenters. The molecule has 126 valence electrons. The summed E-state index contributed by atoms with van der Waals surface area (Å²) in [6.45, 7) is 0. The Hall–Kier alpha value is -2.67. The number of methoxy groups -OCH3 is 3. The van der Waals surface area contributed by atoms with E-state index in [-0.39, 0.29) is 17.6 Å². The fourth-order valence-electron chi connectivity index (χ4n) is 3.37. The molecule has 7 nitrogen and oxygen atoms in total. The number of rotatable bonds is 4. The summed E-state index contributed by atoms with van der Waals surface area (Å²) >= 11 is 0. The molecule has 0 aromatic heterocycles. The molecule has 0 spiro atoms. The maximum absolute atomic E-state index is 12.4. The Balaban J connectivity index is 2.26. The van der Waals surface area contributed by atoms with Crippen LogP contribution in [0.1, 0.15) is 23.7 Å². The van der Waals surface area contributed by atoms with Crippen molar-refractivity contribution >= 4 is 17.9 Å². The summed E-state index contributed by atoms with van der Waals surface area (Å²) in [5.41, 5.74) is 0.00568. The molecule has 0 amide bonds. The lowest BCUT2D eigenvalue weighted by Crippen LogP contribution is -2.35. The average molecular weight is 332 g/mol. The molecule has 2 atom stereocenters. The zero-order chi connectivity index (χ0) is 17.5. The Labute approximate surface area is 138 Å². The Bertz CT molecular complexity index is 764. The van der Waals surface area contributed by atoms with E-state index in [1.165, 1.54) is 21.3 Å². The summed E-state index contributed by atoms with van der Waals surface area (Å²) in [6.07, 6.45) is -1.03. The molecule has 2 bridgehead atoms. The van der Waals surface area contributed by atoms with Crippen molar-refractivity contribution < 1.29 is 33.3 Å². The van der Waals surface area contributed by atoms with Crippen LogP contribution in [-0.2, 0) is 38.9 Å². The number of benzene rings is 1. The van der Waals surface area contributed by atoms with Gasteiger partial charge in [0.25, 0.3) is 0 Å². The molecule has 0 aliphatic carbocycles. The largest absolute Gasteiger partial charge is 0.469 e. The van der Waals surface area contributed by atoms with Gasteiger partial charge in [0.2, 0.25) is 0 Å². The van der Waals surface area contributed by atoms with Crippen LogP contribution in [0.2, 0.25) is 0 Å². The molecule has 0 radical (unpaired) electrons. The molecule has 7 heteroatoms. The highest BCUT2D eigenvalue weighted by Crippen LogP contribution is 2.59. The summed E-state index contributed by atoms with van der Waals surface area (Å²) in [5.74, 6) is -2.00. The van der Waals surface area contributed by atoms with Crippen LogP contribution in [0, 0.1) is 0 Å². The fourth-order valence-corrected chi connectivity index (χ4v) is 3.37. The van der Waals surface area contributed by atoms with Crippen molar-refractivity contribution in [2.45, 2.75) is 18.1 Å². The molecule has 0 fully saturated rings. The highest BCUT2D eigenvalue weighted by Gasteiger charge is 2.61. The Morgan fingerprint density at radius 2 is 1.71 bits per heavy atom. The van der Waals surface area contributed by atoms with Crippen LogP contribution in [0.3, 0.4) is 0 Å². The predicted molar refractivity (Wildman–Crippen MR) is 79.6 cm³/mol. The smallest absolute Gasteiger partial charge is 0.337 e. The Kier molecular flexibility index (Phi) is 3.88. The van der Waals surface area contributed by atoms with Crippen molar-refractivity contribution in [1.82, 2.24) is 0 Å². The molecule has 0 saturated carbocycles. The number of esters is 3. The van der Waals surface area contributed by atoms with Gasteiger partial charge >= 0.3 is 17.9 Å². The zero-order valence-electron chi connectivity index (χ0n) is 13.5. The summed E-state index contributed by atoms with van der Waals surface area (Å²) < 4.78 is 20.4. The quantitative estimate of drug-likeness (QED) is 0.604. The van der Waals surface area contributed by atoms with Gasteiger partial charge in [0.05, 0.1) is 38.9 Å². The monoisotopic (exact) mass is 332 g/mol. The van der Waals surface area contributed by atoms with Gasteiger partial charge in [0.15, 0.2) is 0 Å². The lowest BCUT2D eigenvalue weighted by Gasteiger charge is -2.28. The van der Waals surface area contributed by atoms with Crippen molar-refractivity contribution in [1.29, 1.82) is 0 Å². The SMILES string of the molecule is COC(=O)CC12OC(C(C(=O)OC)=C1C(=O)OC)c1ccccc12. The molecule has 2 heterocycles. The summed E-state index contributed by atoms with van der Waals surface area (Å²) in [4.78, 5) is 36.6. The average Bonchev–Trinajstić information content (AvgIpc) is 3.11. The van der Waals surface area contributed by atoms with E-state index >= 15 is 0 Å². The minimum atomic E-state index is -1.41. The summed E-state index contributed by atoms with van der Waals surface area (Å²) in [5, 5.41) is 0. The van der Waals surface area contributed by atoms with Gasteiger partial charge in [-0.25, -0.2) is 9.59 Å². The van der Waals surface area contributed by atoms with Gasteiger partial charge in [0, 0.05) is 0 Å². The first-order valence-electron chi connectivity index (χ1n) is 7.25. The number of hydrogen-bond donors (Lipinski definition) is 0. The maximum atomic E-state index is 12.4. The minimum absolute atomic E-state index is 0.00838. The Morgan fingerprint density at radius 3 is 2.33 bits per heavy atom. The van der Waals surface area contributed by atoms with Crippen molar-refractivity contribution in [3.63, 3.8) is 0 Å². The van der Waals surface area contributed by atoms with Crippen LogP contribution in [0.15, 0.2) is 35.4 Å². The highest BCUT2D eigenvalue weighted by molar-refractivity contribution is 6.05. The number of hydrogen-bond acceptors (Lipinski definition) is 7. The standard InChI is InChI=1S/C17H16O7/c1-21-11(18)8-17-10-7-5-4-6-9(10)14(24-17)12(15(19)22-2)13(17)16(20)23-3/h4-7,14H,8H2,1-3H3. The van der Waals surface area contributed by atoms with Crippen LogP contribution >= 0.6 is 0 Å². The van der Waals surface area contributed by atoms with E-state index in [4.69, 9.17) is 18.9 Å². The number of carbonyl (C=O) groups excluding carboxylic acids is 3. The third kappa shape index (κ3) is 2.05. The highest BCUT2D eigenvalue weighted by atomic mass is 16.6. The molecule has 1 aromatic rings. The van der Waals surface area contributed by atoms with Gasteiger partial charge in [-0.05, 0) is 11.1 Å². The van der Waals surface area contributed by atoms with Crippen LogP contribution in [0.25, 0.3) is 0 Å². The summed E-state index contributed by atoms with van der Waals surface area (Å²) in [6, 6.07) is 7.11. The molecule has 1 aromatic carbocycles. The normalized spacial score (nSPS) is 23.7. The zero-order valence-corrected chi connectivity index (χ0v) is 13.5. The van der Waals surface area contributed by atoms with Gasteiger partial charge in [-0.15, -0.1) is 0 Å². The van der Waals surface area contributed by atoms with Crippen molar-refractivity contribution in [2.24, 2.45) is 0 Å². The molecule has 0 saturated heterocycles. The second kappa shape index (κ2) is 5.76. The van der Waals surface area contributed by atoms with Gasteiger partial charge in [0.1, 0.15) is 11.7 Å². The molecular formula is C17H16O7. The second-order valence-electron chi connectivity index (χ2n) is 5.44. The summed E-state index contributed by atoms with van der Waals surface area (Å²) in [7, 11) is 3.66. The number of ether oxygens (including phenoxy) is 4. The van der Waals surface area contributed by atoms with Crippen LogP contribution in [0.4, 0.5) is 0 Å². The predicted octanol–water partition coefficient (Wildman–Crippen LogP) is 1.17. The molecule has 2 aliphatic rings. The molecule has 3 rings (SSSR count). The fraction of sp³-hybridized carbons (Fsp3) is 0.353. The maximum Gasteiger partial charge on any atom is 0.337 e. The third-order valence-electron chi connectivity index (χ3n) is 4.35. The van der Waals surface area contributed by atoms with Crippen molar-refractivity contribution in [2.75, 3.05) is 21.3 Å². The van der Waals surface area contributed by atoms with E-state index in [0.29, 0.717) is 5.56 Å².